The summed E-state index contributed by atoms with van der Waals surface area (Å²) in [4.78, 5) is 23.8. The van der Waals surface area contributed by atoms with Crippen molar-refractivity contribution in [1.29, 1.82) is 0 Å². The summed E-state index contributed by atoms with van der Waals surface area (Å²) < 4.78 is 22.1. The van der Waals surface area contributed by atoms with E-state index in [4.69, 9.17) is 10.7 Å². The van der Waals surface area contributed by atoms with Crippen LogP contribution in [0.25, 0.3) is 0 Å². The molecule has 3 amide bonds. The van der Waals surface area contributed by atoms with Gasteiger partial charge < -0.3 is 0 Å². The minimum atomic E-state index is -3.77. The third-order valence-corrected chi connectivity index (χ3v) is 3.85. The molecule has 1 aromatic rings. The van der Waals surface area contributed by atoms with Crippen molar-refractivity contribution in [2.75, 3.05) is 11.4 Å². The number of halogens is 1. The van der Waals surface area contributed by atoms with Gasteiger partial charge in [-0.05, 0) is 24.3 Å². The Balaban J connectivity index is 2.25. The molecule has 6 nitrogen and oxygen atoms in total. The van der Waals surface area contributed by atoms with Crippen LogP contribution in [0.15, 0.2) is 29.2 Å². The Morgan fingerprint density at radius 1 is 1.17 bits per heavy atom. The van der Waals surface area contributed by atoms with Gasteiger partial charge in [0.15, 0.2) is 0 Å². The first-order chi connectivity index (χ1) is 8.38. The van der Waals surface area contributed by atoms with Crippen molar-refractivity contribution >= 4 is 37.4 Å². The normalized spacial score (nSPS) is 16.6. The minimum absolute atomic E-state index is 0.0404. The summed E-state index contributed by atoms with van der Waals surface area (Å²) in [7, 11) is 1.41. The standard InChI is InChI=1S/C10H9ClN2O4S/c11-18(16,17)8-3-1-7(2-4-8)13-6-5-9(14)12-10(13)15/h1-4H,5-6H2,(H,12,14,15). The lowest BCUT2D eigenvalue weighted by Crippen LogP contribution is -2.49. The quantitative estimate of drug-likeness (QED) is 0.825. The fourth-order valence-electron chi connectivity index (χ4n) is 1.60. The maximum atomic E-state index is 11.5. The predicted octanol–water partition coefficient (Wildman–Crippen LogP) is 1.06. The second kappa shape index (κ2) is 4.58. The Kier molecular flexibility index (Phi) is 3.27. The topological polar surface area (TPSA) is 83.6 Å². The van der Waals surface area contributed by atoms with Gasteiger partial charge in [-0.2, -0.15) is 0 Å². The Morgan fingerprint density at radius 3 is 2.28 bits per heavy atom. The molecule has 0 unspecified atom stereocenters. The highest BCUT2D eigenvalue weighted by atomic mass is 35.7. The highest BCUT2D eigenvalue weighted by molar-refractivity contribution is 8.13. The van der Waals surface area contributed by atoms with E-state index in [0.29, 0.717) is 5.69 Å². The van der Waals surface area contributed by atoms with Gasteiger partial charge in [-0.1, -0.05) is 0 Å². The van der Waals surface area contributed by atoms with Crippen LogP contribution in [0.2, 0.25) is 0 Å². The number of benzene rings is 1. The first-order valence-electron chi connectivity index (χ1n) is 5.04. The van der Waals surface area contributed by atoms with Crippen molar-refractivity contribution in [3.05, 3.63) is 24.3 Å². The summed E-state index contributed by atoms with van der Waals surface area (Å²) in [5, 5.41) is 2.18. The average molecular weight is 289 g/mol. The van der Waals surface area contributed by atoms with Crippen LogP contribution in [-0.4, -0.2) is 26.9 Å². The van der Waals surface area contributed by atoms with Gasteiger partial charge in [-0.25, -0.2) is 13.2 Å². The summed E-state index contributed by atoms with van der Waals surface area (Å²) in [6, 6.07) is 5.02. The first-order valence-corrected chi connectivity index (χ1v) is 7.35. The molecule has 0 aromatic heterocycles. The minimum Gasteiger partial charge on any atom is -0.294 e. The summed E-state index contributed by atoms with van der Waals surface area (Å²) in [5.74, 6) is -0.323. The van der Waals surface area contributed by atoms with Crippen LogP contribution in [0, 0.1) is 0 Å². The van der Waals surface area contributed by atoms with Crippen LogP contribution in [0.1, 0.15) is 6.42 Å². The number of amides is 3. The van der Waals surface area contributed by atoms with Crippen LogP contribution >= 0.6 is 10.7 Å². The molecule has 0 bridgehead atoms. The Morgan fingerprint density at radius 2 is 1.78 bits per heavy atom. The molecule has 1 N–H and O–H groups in total. The molecule has 1 aliphatic heterocycles. The molecule has 1 aliphatic rings. The molecule has 1 saturated heterocycles. The number of carbonyl (C=O) groups excluding carboxylic acids is 2. The summed E-state index contributed by atoms with van der Waals surface area (Å²) in [5.41, 5.74) is 0.504. The van der Waals surface area contributed by atoms with Gasteiger partial charge in [-0.3, -0.25) is 15.0 Å². The van der Waals surface area contributed by atoms with Gasteiger partial charge in [0.25, 0.3) is 9.05 Å². The van der Waals surface area contributed by atoms with Crippen molar-refractivity contribution < 1.29 is 18.0 Å². The molecular weight excluding hydrogens is 280 g/mol. The summed E-state index contributed by atoms with van der Waals surface area (Å²) >= 11 is 0. The lowest BCUT2D eigenvalue weighted by atomic mass is 10.2. The molecule has 0 atom stereocenters. The van der Waals surface area contributed by atoms with Crippen molar-refractivity contribution in [3.8, 4) is 0 Å². The van der Waals surface area contributed by atoms with Crippen LogP contribution in [0.4, 0.5) is 10.5 Å². The van der Waals surface area contributed by atoms with E-state index >= 15 is 0 Å². The molecule has 8 heteroatoms. The van der Waals surface area contributed by atoms with Gasteiger partial charge in [0, 0.05) is 29.3 Å². The van der Waals surface area contributed by atoms with Crippen LogP contribution < -0.4 is 10.2 Å². The molecular formula is C10H9ClN2O4S. The van der Waals surface area contributed by atoms with Crippen LogP contribution in [0.5, 0.6) is 0 Å². The number of nitrogens with one attached hydrogen (secondary N) is 1. The number of hydrogen-bond acceptors (Lipinski definition) is 4. The van der Waals surface area contributed by atoms with Crippen molar-refractivity contribution in [2.45, 2.75) is 11.3 Å². The van der Waals surface area contributed by atoms with Crippen molar-refractivity contribution in [1.82, 2.24) is 5.32 Å². The van der Waals surface area contributed by atoms with Gasteiger partial charge >= 0.3 is 6.03 Å². The van der Waals surface area contributed by atoms with Crippen LogP contribution in [0.3, 0.4) is 0 Å². The van der Waals surface area contributed by atoms with Gasteiger partial charge in [0.2, 0.25) is 5.91 Å². The molecule has 0 saturated carbocycles. The molecule has 0 spiro atoms. The maximum absolute atomic E-state index is 11.5. The van der Waals surface area contributed by atoms with Crippen LogP contribution in [-0.2, 0) is 13.8 Å². The van der Waals surface area contributed by atoms with Crippen molar-refractivity contribution in [2.24, 2.45) is 0 Å². The van der Waals surface area contributed by atoms with E-state index in [2.05, 4.69) is 5.32 Å². The number of urea groups is 1. The lowest BCUT2D eigenvalue weighted by molar-refractivity contribution is -0.120. The molecule has 1 fully saturated rings. The highest BCUT2D eigenvalue weighted by Crippen LogP contribution is 2.21. The van der Waals surface area contributed by atoms with E-state index in [1.165, 1.54) is 29.2 Å². The zero-order valence-corrected chi connectivity index (χ0v) is 10.7. The third kappa shape index (κ3) is 2.62. The van der Waals surface area contributed by atoms with E-state index < -0.39 is 15.1 Å². The third-order valence-electron chi connectivity index (χ3n) is 2.48. The Hall–Kier alpha value is -1.60. The molecule has 1 aromatic carbocycles. The van der Waals surface area contributed by atoms with Gasteiger partial charge in [0.1, 0.15) is 0 Å². The SMILES string of the molecule is O=C1CCN(c2ccc(S(=O)(=O)Cl)cc2)C(=O)N1. The lowest BCUT2D eigenvalue weighted by Gasteiger charge is -2.26. The zero-order valence-electron chi connectivity index (χ0n) is 9.09. The molecule has 2 rings (SSSR count). The molecule has 18 heavy (non-hydrogen) atoms. The second-order valence-electron chi connectivity index (χ2n) is 3.69. The number of rotatable bonds is 2. The fourth-order valence-corrected chi connectivity index (χ4v) is 2.37. The number of nitrogens with zero attached hydrogens (tertiary/aromatic N) is 1. The van der Waals surface area contributed by atoms with Gasteiger partial charge in [0.05, 0.1) is 4.90 Å². The number of carbonyl (C=O) groups is 2. The summed E-state index contributed by atoms with van der Waals surface area (Å²) in [6.07, 6.45) is 0.210. The predicted molar refractivity (Wildman–Crippen MR) is 65.0 cm³/mol. The summed E-state index contributed by atoms with van der Waals surface area (Å²) in [6.45, 7) is 0.262. The maximum Gasteiger partial charge on any atom is 0.328 e. The van der Waals surface area contributed by atoms with E-state index in [-0.39, 0.29) is 23.8 Å². The first kappa shape index (κ1) is 12.8. The molecule has 0 aliphatic carbocycles. The monoisotopic (exact) mass is 288 g/mol. The highest BCUT2D eigenvalue weighted by Gasteiger charge is 2.24. The van der Waals surface area contributed by atoms with E-state index in [9.17, 15) is 18.0 Å². The second-order valence-corrected chi connectivity index (χ2v) is 6.25. The van der Waals surface area contributed by atoms with Crippen molar-refractivity contribution in [3.63, 3.8) is 0 Å². The number of hydrogen-bond donors (Lipinski definition) is 1. The smallest absolute Gasteiger partial charge is 0.294 e. The van der Waals surface area contributed by atoms with E-state index in [1.54, 1.807) is 0 Å². The molecule has 96 valence electrons. The number of imide groups is 1. The van der Waals surface area contributed by atoms with Gasteiger partial charge in [-0.15, -0.1) is 0 Å². The fraction of sp³-hybridized carbons (Fsp3) is 0.200. The Bertz CT molecular complexity index is 597. The number of anilines is 1. The molecule has 1 heterocycles. The zero-order chi connectivity index (χ0) is 13.3. The van der Waals surface area contributed by atoms with E-state index in [1.807, 2.05) is 0 Å². The van der Waals surface area contributed by atoms with E-state index in [0.717, 1.165) is 0 Å². The largest absolute Gasteiger partial charge is 0.328 e. The molecule has 0 radical (unpaired) electrons. The Labute approximate surface area is 108 Å². The average Bonchev–Trinajstić information content (AvgIpc) is 2.28.